The Morgan fingerprint density at radius 2 is 1.75 bits per heavy atom. The van der Waals surface area contributed by atoms with Gasteiger partial charge in [0.1, 0.15) is 12.1 Å². The first-order chi connectivity index (χ1) is 21.1. The topological polar surface area (TPSA) is 160 Å². The molecule has 0 aromatic carbocycles. The molecule has 0 aromatic rings. The Balaban J connectivity index is 1.29. The third kappa shape index (κ3) is 7.23. The number of fused-ring (bicyclic) bond motifs is 3. The molecule has 4 heterocycles. The Kier molecular flexibility index (Phi) is 10.5. The van der Waals surface area contributed by atoms with Crippen LogP contribution in [0.2, 0.25) is 0 Å². The minimum atomic E-state index is -3.58. The zero-order valence-corrected chi connectivity index (χ0v) is 26.5. The molecule has 246 valence electrons. The molecule has 0 aromatic heterocycles. The monoisotopic (exact) mass is 636 g/mol. The van der Waals surface area contributed by atoms with Gasteiger partial charge in [0, 0.05) is 58.3 Å². The van der Waals surface area contributed by atoms with Crippen LogP contribution >= 0.6 is 0 Å². The highest BCUT2D eigenvalue weighted by atomic mass is 32.2. The van der Waals surface area contributed by atoms with Crippen molar-refractivity contribution in [1.82, 2.24) is 29.0 Å². The molecule has 2 bridgehead atoms. The molecular formula is C30H48N6O7S. The summed E-state index contributed by atoms with van der Waals surface area (Å²) in [6.45, 7) is 1.91. The number of hydrogen-bond donors (Lipinski definition) is 3. The van der Waals surface area contributed by atoms with Crippen molar-refractivity contribution in [2.45, 2.75) is 88.8 Å². The van der Waals surface area contributed by atoms with E-state index in [0.717, 1.165) is 44.9 Å². The summed E-state index contributed by atoms with van der Waals surface area (Å²) in [5.74, 6) is -2.20. The molecule has 4 fully saturated rings. The zero-order chi connectivity index (χ0) is 31.4. The molecule has 0 radical (unpaired) electrons. The Morgan fingerprint density at radius 3 is 2.48 bits per heavy atom. The summed E-state index contributed by atoms with van der Waals surface area (Å²) >= 11 is 0. The molecule has 3 saturated heterocycles. The van der Waals surface area contributed by atoms with E-state index in [9.17, 15) is 32.7 Å². The summed E-state index contributed by atoms with van der Waals surface area (Å²) < 4.78 is 28.6. The fourth-order valence-corrected chi connectivity index (χ4v) is 8.77. The number of carboxylic acids is 1. The number of aliphatic carboxylic acids is 1. The van der Waals surface area contributed by atoms with E-state index in [-0.39, 0.29) is 42.8 Å². The van der Waals surface area contributed by atoms with Gasteiger partial charge in [-0.3, -0.25) is 14.4 Å². The van der Waals surface area contributed by atoms with Crippen molar-refractivity contribution in [2.75, 3.05) is 46.3 Å². The Bertz CT molecular complexity index is 1220. The van der Waals surface area contributed by atoms with Gasteiger partial charge in [-0.05, 0) is 57.3 Å². The van der Waals surface area contributed by atoms with Crippen LogP contribution in [-0.2, 0) is 24.6 Å². The van der Waals surface area contributed by atoms with Gasteiger partial charge in [-0.15, -0.1) is 0 Å². The Hall–Kier alpha value is -2.71. The van der Waals surface area contributed by atoms with E-state index < -0.39 is 40.2 Å². The highest BCUT2D eigenvalue weighted by Gasteiger charge is 2.45. The van der Waals surface area contributed by atoms with Crippen LogP contribution in [0.1, 0.15) is 70.6 Å². The van der Waals surface area contributed by atoms with Crippen LogP contribution < -0.4 is 10.6 Å². The second-order valence-electron chi connectivity index (χ2n) is 13.1. The second-order valence-corrected chi connectivity index (χ2v) is 15.2. The summed E-state index contributed by atoms with van der Waals surface area (Å²) in [6, 6.07) is -2.38. The minimum absolute atomic E-state index is 0.122. The van der Waals surface area contributed by atoms with Gasteiger partial charge >= 0.3 is 12.0 Å². The third-order valence-corrected chi connectivity index (χ3v) is 12.2. The van der Waals surface area contributed by atoms with Crippen LogP contribution in [0, 0.1) is 17.8 Å². The van der Waals surface area contributed by atoms with Crippen LogP contribution in [0.5, 0.6) is 0 Å². The van der Waals surface area contributed by atoms with Crippen molar-refractivity contribution in [1.29, 1.82) is 0 Å². The number of nitrogens with zero attached hydrogens (tertiary/aromatic N) is 4. The number of allylic oxidation sites excluding steroid dienone is 1. The number of amides is 4. The van der Waals surface area contributed by atoms with Gasteiger partial charge in [-0.25, -0.2) is 4.79 Å². The number of rotatable bonds is 6. The maximum atomic E-state index is 14.0. The first-order valence-corrected chi connectivity index (χ1v) is 17.7. The van der Waals surface area contributed by atoms with Crippen molar-refractivity contribution in [3.8, 4) is 0 Å². The molecule has 5 atom stereocenters. The number of hydrogen-bond acceptors (Lipinski definition) is 6. The summed E-state index contributed by atoms with van der Waals surface area (Å²) in [4.78, 5) is 56.2. The van der Waals surface area contributed by atoms with Gasteiger partial charge in [0.25, 0.3) is 10.2 Å². The van der Waals surface area contributed by atoms with E-state index in [2.05, 4.69) is 10.6 Å². The molecule has 4 amide bonds. The minimum Gasteiger partial charge on any atom is -0.481 e. The van der Waals surface area contributed by atoms with E-state index in [4.69, 9.17) is 0 Å². The van der Waals surface area contributed by atoms with Crippen molar-refractivity contribution < 1.29 is 32.7 Å². The first-order valence-electron chi connectivity index (χ1n) is 16.3. The molecular weight excluding hydrogens is 588 g/mol. The number of carboxylic acid groups (broad SMARTS) is 1. The predicted octanol–water partition coefficient (Wildman–Crippen LogP) is 1.38. The number of carbonyl (C=O) groups is 4. The molecule has 14 heteroatoms. The molecule has 1 aliphatic carbocycles. The van der Waals surface area contributed by atoms with Crippen LogP contribution in [0.3, 0.4) is 0 Å². The standard InChI is InChI=1S/C30H48N6O7S/c1-33-15-9-16-35(44(33,42)43)20-25(21-11-7-12-21)32-30(41)31-24-13-6-4-2-3-5-10-22-18-34(19-23(22)29(39)40)28(38)26-14-8-17-36(26)27(24)37/h5,10,21-26H,2-4,6-9,11-20H2,1H3,(H,39,40)(H2,31,32,41)/b10-5-/t22?,23-,24-,25?,26-/m0/s1. The SMILES string of the molecule is CN1CCCN(CC(NC(=O)N[C@H]2CCCCC/C=C\C3CN(C[C@@H]3C(=O)O)C(=O)[C@@H]3CCCN3C2=O)C2CCC2)S1(=O)=O. The number of nitrogens with one attached hydrogen (secondary N) is 2. The molecule has 5 rings (SSSR count). The van der Waals surface area contributed by atoms with E-state index in [1.165, 1.54) is 8.61 Å². The van der Waals surface area contributed by atoms with Gasteiger partial charge < -0.3 is 25.5 Å². The average molecular weight is 637 g/mol. The highest BCUT2D eigenvalue weighted by Crippen LogP contribution is 2.32. The molecule has 5 aliphatic rings. The van der Waals surface area contributed by atoms with E-state index in [1.807, 2.05) is 12.2 Å². The molecule has 3 N–H and O–H groups in total. The van der Waals surface area contributed by atoms with Gasteiger partial charge in [-0.1, -0.05) is 31.4 Å². The molecule has 44 heavy (non-hydrogen) atoms. The first kappa shape index (κ1) is 32.7. The van der Waals surface area contributed by atoms with Gasteiger partial charge in [-0.2, -0.15) is 17.0 Å². The zero-order valence-electron chi connectivity index (χ0n) is 25.7. The van der Waals surface area contributed by atoms with Crippen molar-refractivity contribution in [2.24, 2.45) is 17.8 Å². The fraction of sp³-hybridized carbons (Fsp3) is 0.800. The van der Waals surface area contributed by atoms with E-state index in [0.29, 0.717) is 51.9 Å². The lowest BCUT2D eigenvalue weighted by Gasteiger charge is -2.40. The van der Waals surface area contributed by atoms with Crippen molar-refractivity contribution >= 4 is 34.0 Å². The normalized spacial score (nSPS) is 32.2. The summed E-state index contributed by atoms with van der Waals surface area (Å²) in [6.07, 6.45) is 12.3. The largest absolute Gasteiger partial charge is 0.481 e. The molecule has 2 unspecified atom stereocenters. The highest BCUT2D eigenvalue weighted by molar-refractivity contribution is 7.86. The van der Waals surface area contributed by atoms with Crippen molar-refractivity contribution in [3.63, 3.8) is 0 Å². The number of urea groups is 1. The van der Waals surface area contributed by atoms with E-state index in [1.54, 1.807) is 16.8 Å². The third-order valence-electron chi connectivity index (χ3n) is 10.2. The van der Waals surface area contributed by atoms with Crippen molar-refractivity contribution in [3.05, 3.63) is 12.2 Å². The lowest BCUT2D eigenvalue weighted by Crippen LogP contribution is -2.59. The summed E-state index contributed by atoms with van der Waals surface area (Å²) in [5.41, 5.74) is 0. The Morgan fingerprint density at radius 1 is 0.955 bits per heavy atom. The summed E-state index contributed by atoms with van der Waals surface area (Å²) in [5, 5.41) is 15.7. The molecule has 4 aliphatic heterocycles. The van der Waals surface area contributed by atoms with Gasteiger partial charge in [0.15, 0.2) is 0 Å². The fourth-order valence-electron chi connectivity index (χ4n) is 7.30. The molecule has 0 spiro atoms. The van der Waals surface area contributed by atoms with Crippen LogP contribution in [0.15, 0.2) is 12.2 Å². The van der Waals surface area contributed by atoms with Crippen LogP contribution in [0.4, 0.5) is 4.79 Å². The quantitative estimate of drug-likeness (QED) is 0.372. The number of carbonyl (C=O) groups excluding carboxylic acids is 3. The Labute approximate surface area is 260 Å². The predicted molar refractivity (Wildman–Crippen MR) is 162 cm³/mol. The lowest BCUT2D eigenvalue weighted by atomic mass is 9.79. The van der Waals surface area contributed by atoms with Crippen LogP contribution in [0.25, 0.3) is 0 Å². The maximum absolute atomic E-state index is 14.0. The second kappa shape index (κ2) is 14.2. The van der Waals surface area contributed by atoms with Gasteiger partial charge in [0.2, 0.25) is 11.8 Å². The maximum Gasteiger partial charge on any atom is 0.315 e. The van der Waals surface area contributed by atoms with E-state index >= 15 is 0 Å². The van der Waals surface area contributed by atoms with Crippen LogP contribution in [-0.4, -0.2) is 120 Å². The smallest absolute Gasteiger partial charge is 0.315 e. The summed E-state index contributed by atoms with van der Waals surface area (Å²) in [7, 11) is -2.01. The van der Waals surface area contributed by atoms with Gasteiger partial charge in [0.05, 0.1) is 5.92 Å². The average Bonchev–Trinajstić information content (AvgIpc) is 3.60. The molecule has 13 nitrogen and oxygen atoms in total. The lowest BCUT2D eigenvalue weighted by molar-refractivity contribution is -0.145. The molecule has 1 saturated carbocycles.